The second-order valence-electron chi connectivity index (χ2n) is 3.82. The lowest BCUT2D eigenvalue weighted by molar-refractivity contribution is 0.101. The van der Waals surface area contributed by atoms with Crippen LogP contribution in [0.3, 0.4) is 0 Å². The molecule has 1 aromatic carbocycles. The number of Topliss-reactive ketones (excluding diaryl/α,β-unsaturated/α-hetero) is 1. The second kappa shape index (κ2) is 3.45. The molecule has 4 heteroatoms. The quantitative estimate of drug-likeness (QED) is 0.736. The number of benzene rings is 1. The average molecular weight is 224 g/mol. The van der Waals surface area contributed by atoms with E-state index in [1.54, 1.807) is 12.1 Å². The third kappa shape index (κ3) is 1.95. The summed E-state index contributed by atoms with van der Waals surface area (Å²) in [5, 5.41) is -0.194. The minimum atomic E-state index is -3.12. The Morgan fingerprint density at radius 2 is 1.73 bits per heavy atom. The maximum absolute atomic E-state index is 11.8. The molecule has 0 saturated heterocycles. The molecule has 1 saturated carbocycles. The topological polar surface area (TPSA) is 51.2 Å². The highest BCUT2D eigenvalue weighted by molar-refractivity contribution is 7.92. The number of rotatable bonds is 3. The summed E-state index contributed by atoms with van der Waals surface area (Å²) in [5.41, 5.74) is 0.546. The average Bonchev–Trinajstić information content (AvgIpc) is 3.01. The Morgan fingerprint density at radius 3 is 2.13 bits per heavy atom. The molecule has 0 aliphatic heterocycles. The standard InChI is InChI=1S/C11H12O3S/c1-8(12)9-2-4-10(5-3-9)15(13,14)11-6-7-11/h2-5,11H,6-7H2,1H3. The lowest BCUT2D eigenvalue weighted by Gasteiger charge is -2.02. The van der Waals surface area contributed by atoms with Crippen LogP contribution in [-0.2, 0) is 9.84 Å². The van der Waals surface area contributed by atoms with E-state index in [4.69, 9.17) is 0 Å². The van der Waals surface area contributed by atoms with E-state index in [1.165, 1.54) is 19.1 Å². The summed E-state index contributed by atoms with van der Waals surface area (Å²) in [5.74, 6) is -0.0506. The van der Waals surface area contributed by atoms with Crippen molar-refractivity contribution >= 4 is 15.6 Å². The summed E-state index contributed by atoms with van der Waals surface area (Å²) in [6, 6.07) is 6.17. The van der Waals surface area contributed by atoms with Gasteiger partial charge in [-0.05, 0) is 31.9 Å². The van der Waals surface area contributed by atoms with Crippen molar-refractivity contribution in [3.05, 3.63) is 29.8 Å². The van der Waals surface area contributed by atoms with Crippen LogP contribution in [0.15, 0.2) is 29.2 Å². The Labute approximate surface area is 89.0 Å². The second-order valence-corrected chi connectivity index (χ2v) is 6.05. The zero-order chi connectivity index (χ0) is 11.1. The van der Waals surface area contributed by atoms with Crippen molar-refractivity contribution in [2.45, 2.75) is 29.9 Å². The molecule has 0 N–H and O–H groups in total. The van der Waals surface area contributed by atoms with Gasteiger partial charge >= 0.3 is 0 Å². The lowest BCUT2D eigenvalue weighted by Crippen LogP contribution is -2.07. The van der Waals surface area contributed by atoms with Gasteiger partial charge in [-0.3, -0.25) is 4.79 Å². The van der Waals surface area contributed by atoms with Crippen molar-refractivity contribution in [1.29, 1.82) is 0 Å². The van der Waals surface area contributed by atoms with Crippen LogP contribution < -0.4 is 0 Å². The predicted octanol–water partition coefficient (Wildman–Crippen LogP) is 1.83. The molecule has 0 spiro atoms. The Balaban J connectivity index is 2.35. The van der Waals surface area contributed by atoms with E-state index in [1.807, 2.05) is 0 Å². The minimum absolute atomic E-state index is 0.0506. The first-order valence-corrected chi connectivity index (χ1v) is 6.41. The molecule has 0 radical (unpaired) electrons. The van der Waals surface area contributed by atoms with E-state index in [0.717, 1.165) is 12.8 Å². The fraction of sp³-hybridized carbons (Fsp3) is 0.364. The molecule has 0 bridgehead atoms. The molecule has 0 heterocycles. The number of ketones is 1. The normalized spacial score (nSPS) is 16.3. The van der Waals surface area contributed by atoms with Gasteiger partial charge in [0.05, 0.1) is 10.1 Å². The summed E-state index contributed by atoms with van der Waals surface area (Å²) < 4.78 is 23.6. The van der Waals surface area contributed by atoms with Gasteiger partial charge in [0.15, 0.2) is 15.6 Å². The number of sulfone groups is 1. The van der Waals surface area contributed by atoms with E-state index >= 15 is 0 Å². The van der Waals surface area contributed by atoms with Gasteiger partial charge in [0.25, 0.3) is 0 Å². The van der Waals surface area contributed by atoms with E-state index < -0.39 is 9.84 Å². The molecular weight excluding hydrogens is 212 g/mol. The van der Waals surface area contributed by atoms with Crippen molar-refractivity contribution < 1.29 is 13.2 Å². The minimum Gasteiger partial charge on any atom is -0.295 e. The number of hydrogen-bond donors (Lipinski definition) is 0. The molecule has 0 amide bonds. The van der Waals surface area contributed by atoms with E-state index in [0.29, 0.717) is 10.5 Å². The molecule has 1 aromatic rings. The fourth-order valence-electron chi connectivity index (χ4n) is 1.45. The highest BCUT2D eigenvalue weighted by Gasteiger charge is 2.36. The molecule has 80 valence electrons. The fourth-order valence-corrected chi connectivity index (χ4v) is 3.11. The van der Waals surface area contributed by atoms with Gasteiger partial charge in [0.2, 0.25) is 0 Å². The predicted molar refractivity (Wildman–Crippen MR) is 56.7 cm³/mol. The zero-order valence-corrected chi connectivity index (χ0v) is 9.25. The molecule has 2 rings (SSSR count). The Bertz CT molecular complexity index is 481. The van der Waals surface area contributed by atoms with Crippen LogP contribution in [0.4, 0.5) is 0 Å². The first-order chi connectivity index (χ1) is 7.01. The number of carbonyl (C=O) groups excluding carboxylic acids is 1. The van der Waals surface area contributed by atoms with Crippen LogP contribution in [0.1, 0.15) is 30.1 Å². The molecule has 3 nitrogen and oxygen atoms in total. The first-order valence-electron chi connectivity index (χ1n) is 4.87. The maximum atomic E-state index is 11.8. The summed E-state index contributed by atoms with van der Waals surface area (Å²) in [6.07, 6.45) is 1.52. The SMILES string of the molecule is CC(=O)c1ccc(S(=O)(=O)C2CC2)cc1. The molecule has 1 aliphatic rings. The molecule has 15 heavy (non-hydrogen) atoms. The Kier molecular flexibility index (Phi) is 2.38. The van der Waals surface area contributed by atoms with Crippen LogP contribution in [0, 0.1) is 0 Å². The lowest BCUT2D eigenvalue weighted by atomic mass is 10.2. The number of hydrogen-bond acceptors (Lipinski definition) is 3. The molecule has 1 aliphatic carbocycles. The first kappa shape index (κ1) is 10.4. The van der Waals surface area contributed by atoms with E-state index in [-0.39, 0.29) is 11.0 Å². The van der Waals surface area contributed by atoms with Crippen molar-refractivity contribution in [2.24, 2.45) is 0 Å². The third-order valence-corrected chi connectivity index (χ3v) is 4.83. The van der Waals surface area contributed by atoms with Gasteiger partial charge in [-0.2, -0.15) is 0 Å². The molecule has 0 atom stereocenters. The van der Waals surface area contributed by atoms with Crippen LogP contribution >= 0.6 is 0 Å². The number of carbonyl (C=O) groups is 1. The van der Waals surface area contributed by atoms with Gasteiger partial charge in [0.1, 0.15) is 0 Å². The molecular formula is C11H12O3S. The van der Waals surface area contributed by atoms with Gasteiger partial charge in [0, 0.05) is 5.56 Å². The summed E-state index contributed by atoms with van der Waals surface area (Å²) in [7, 11) is -3.12. The summed E-state index contributed by atoms with van der Waals surface area (Å²) >= 11 is 0. The highest BCUT2D eigenvalue weighted by atomic mass is 32.2. The van der Waals surface area contributed by atoms with E-state index in [2.05, 4.69) is 0 Å². The maximum Gasteiger partial charge on any atom is 0.181 e. The van der Waals surface area contributed by atoms with Crippen LogP contribution in [-0.4, -0.2) is 19.5 Å². The van der Waals surface area contributed by atoms with Gasteiger partial charge in [-0.15, -0.1) is 0 Å². The van der Waals surface area contributed by atoms with Crippen LogP contribution in [0.5, 0.6) is 0 Å². The van der Waals surface area contributed by atoms with Crippen LogP contribution in [0.2, 0.25) is 0 Å². The smallest absolute Gasteiger partial charge is 0.181 e. The summed E-state index contributed by atoms with van der Waals surface area (Å²) in [4.78, 5) is 11.3. The van der Waals surface area contributed by atoms with Crippen molar-refractivity contribution in [3.8, 4) is 0 Å². The monoisotopic (exact) mass is 224 g/mol. The van der Waals surface area contributed by atoms with Crippen molar-refractivity contribution in [1.82, 2.24) is 0 Å². The molecule has 0 unspecified atom stereocenters. The van der Waals surface area contributed by atoms with E-state index in [9.17, 15) is 13.2 Å². The van der Waals surface area contributed by atoms with Crippen molar-refractivity contribution in [3.63, 3.8) is 0 Å². The zero-order valence-electron chi connectivity index (χ0n) is 8.43. The van der Waals surface area contributed by atoms with Crippen LogP contribution in [0.25, 0.3) is 0 Å². The third-order valence-electron chi connectivity index (χ3n) is 2.55. The summed E-state index contributed by atoms with van der Waals surface area (Å²) in [6.45, 7) is 1.46. The van der Waals surface area contributed by atoms with Gasteiger partial charge in [-0.25, -0.2) is 8.42 Å². The van der Waals surface area contributed by atoms with Gasteiger partial charge < -0.3 is 0 Å². The Hall–Kier alpha value is -1.16. The van der Waals surface area contributed by atoms with Gasteiger partial charge in [-0.1, -0.05) is 12.1 Å². The Morgan fingerprint density at radius 1 is 1.20 bits per heavy atom. The van der Waals surface area contributed by atoms with Crippen molar-refractivity contribution in [2.75, 3.05) is 0 Å². The highest BCUT2D eigenvalue weighted by Crippen LogP contribution is 2.33. The molecule has 1 fully saturated rings. The largest absolute Gasteiger partial charge is 0.295 e. The molecule has 0 aromatic heterocycles.